The zero-order chi connectivity index (χ0) is 32.5. The number of aryl methyl sites for hydroxylation is 2. The van der Waals surface area contributed by atoms with Gasteiger partial charge in [0.2, 0.25) is 0 Å². The van der Waals surface area contributed by atoms with Gasteiger partial charge in [0, 0.05) is 36.3 Å². The first-order chi connectivity index (χ1) is 21.3. The second-order valence-corrected chi connectivity index (χ2v) is 11.7. The predicted octanol–water partition coefficient (Wildman–Crippen LogP) is 9.14. The molecule has 6 heteroatoms. The van der Waals surface area contributed by atoms with Crippen LogP contribution in [0, 0.1) is 0 Å². The number of nitrogens with one attached hydrogen (secondary N) is 1. The zero-order valence-electron chi connectivity index (χ0n) is 28.2. The van der Waals surface area contributed by atoms with E-state index in [1.807, 2.05) is 32.7 Å². The third-order valence-corrected chi connectivity index (χ3v) is 8.27. The van der Waals surface area contributed by atoms with Crippen LogP contribution in [0.2, 0.25) is 0 Å². The average molecular weight is 619 g/mol. The number of nitrogens with two attached hydrogens (primary N) is 1. The Morgan fingerprint density at radius 3 is 2.30 bits per heavy atom. The minimum atomic E-state index is -0.104. The van der Waals surface area contributed by atoms with Crippen molar-refractivity contribution in [1.82, 2.24) is 10.2 Å². The summed E-state index contributed by atoms with van der Waals surface area (Å²) in [6, 6.07) is 15.1. The topological polar surface area (TPSA) is 70.7 Å². The summed E-state index contributed by atoms with van der Waals surface area (Å²) in [5.74, 6) is 0.133. The molecular formula is C38H55ClN4O. The van der Waals surface area contributed by atoms with Gasteiger partial charge in [0.05, 0.1) is 11.4 Å². The summed E-state index contributed by atoms with van der Waals surface area (Å²) in [4.78, 5) is 20.0. The molecule has 0 aliphatic heterocycles. The van der Waals surface area contributed by atoms with Gasteiger partial charge in [-0.1, -0.05) is 101 Å². The van der Waals surface area contributed by atoms with Crippen molar-refractivity contribution in [2.75, 3.05) is 20.1 Å². The van der Waals surface area contributed by atoms with E-state index < -0.39 is 0 Å². The van der Waals surface area contributed by atoms with Crippen molar-refractivity contribution in [3.8, 4) is 0 Å². The lowest BCUT2D eigenvalue weighted by Crippen LogP contribution is -2.36. The number of aliphatic imine (C=N–C) groups is 1. The van der Waals surface area contributed by atoms with Crippen molar-refractivity contribution in [1.29, 1.82) is 0 Å². The van der Waals surface area contributed by atoms with Crippen LogP contribution < -0.4 is 11.1 Å². The molecule has 2 aromatic carbocycles. The lowest BCUT2D eigenvalue weighted by Gasteiger charge is -2.22. The van der Waals surface area contributed by atoms with Gasteiger partial charge in [0.25, 0.3) is 5.91 Å². The summed E-state index contributed by atoms with van der Waals surface area (Å²) in [7, 11) is 1.98. The monoisotopic (exact) mass is 618 g/mol. The molecule has 5 nitrogen and oxygen atoms in total. The standard InChI is InChI=1S/C36H49ClN4O.C2H6/c1-6-8-20-41(21-9-7-2)36(42)34(38)22-27(4)40-35-19-18-29(30-15-14-26(3)33(37)24-30)23-31(35)17-16-28-12-10-11-13-32(28)25-39-5;1-2/h10-14,18-19,22-24,30,39H,6-9,15-17,20-21,25,38H2,1-5H3;1-2H3/b34-22-,40-27?;. The van der Waals surface area contributed by atoms with Gasteiger partial charge < -0.3 is 16.0 Å². The first-order valence-electron chi connectivity index (χ1n) is 16.5. The van der Waals surface area contributed by atoms with Gasteiger partial charge in [-0.3, -0.25) is 9.79 Å². The van der Waals surface area contributed by atoms with E-state index in [4.69, 9.17) is 22.3 Å². The van der Waals surface area contributed by atoms with Crippen LogP contribution in [0.3, 0.4) is 0 Å². The number of allylic oxidation sites excluding steroid dienone is 5. The minimum Gasteiger partial charge on any atom is -0.394 e. The smallest absolute Gasteiger partial charge is 0.269 e. The molecule has 240 valence electrons. The van der Waals surface area contributed by atoms with Crippen molar-refractivity contribution in [2.24, 2.45) is 10.7 Å². The number of carbonyl (C=O) groups excluding carboxylic acids is 1. The van der Waals surface area contributed by atoms with Gasteiger partial charge in [-0.15, -0.1) is 0 Å². The summed E-state index contributed by atoms with van der Waals surface area (Å²) in [6.07, 6.45) is 12.8. The second kappa shape index (κ2) is 20.0. The molecule has 1 atom stereocenters. The number of benzene rings is 2. The maximum absolute atomic E-state index is 13.2. The quantitative estimate of drug-likeness (QED) is 0.154. The average Bonchev–Trinajstić information content (AvgIpc) is 3.03. The summed E-state index contributed by atoms with van der Waals surface area (Å²) < 4.78 is 0. The minimum absolute atomic E-state index is 0.104. The lowest BCUT2D eigenvalue weighted by molar-refractivity contribution is -0.127. The SMILES string of the molecule is CC.CCCCN(CCCC)C(=O)/C(N)=C/C(C)=Nc1ccc(C2C=C(Cl)C(C)=CC2)cc1CCc1ccccc1CNC. The van der Waals surface area contributed by atoms with Gasteiger partial charge in [-0.25, -0.2) is 0 Å². The van der Waals surface area contributed by atoms with Crippen molar-refractivity contribution in [3.63, 3.8) is 0 Å². The fraction of sp³-hybridized carbons (Fsp3) is 0.474. The Morgan fingerprint density at radius 2 is 1.68 bits per heavy atom. The highest BCUT2D eigenvalue weighted by molar-refractivity contribution is 6.32. The Hall–Kier alpha value is -3.15. The number of halogens is 1. The molecule has 3 N–H and O–H groups in total. The van der Waals surface area contributed by atoms with Crippen LogP contribution >= 0.6 is 11.6 Å². The molecule has 1 aliphatic carbocycles. The van der Waals surface area contributed by atoms with Crippen molar-refractivity contribution in [3.05, 3.63) is 99.2 Å². The molecule has 0 saturated carbocycles. The predicted molar refractivity (Wildman–Crippen MR) is 191 cm³/mol. The molecular weight excluding hydrogens is 564 g/mol. The molecule has 44 heavy (non-hydrogen) atoms. The Labute approximate surface area is 272 Å². The number of hydrogen-bond acceptors (Lipinski definition) is 4. The molecule has 0 spiro atoms. The van der Waals surface area contributed by atoms with E-state index in [-0.39, 0.29) is 17.5 Å². The van der Waals surface area contributed by atoms with Gasteiger partial charge in [0.15, 0.2) is 0 Å². The second-order valence-electron chi connectivity index (χ2n) is 11.3. The number of unbranched alkanes of at least 4 members (excludes halogenated alkanes) is 2. The third-order valence-electron chi connectivity index (χ3n) is 7.84. The molecule has 2 aromatic rings. The summed E-state index contributed by atoms with van der Waals surface area (Å²) in [5.41, 5.74) is 14.4. The zero-order valence-corrected chi connectivity index (χ0v) is 28.9. The van der Waals surface area contributed by atoms with Gasteiger partial charge in [-0.05, 0) is 93.0 Å². The first kappa shape index (κ1) is 37.0. The maximum Gasteiger partial charge on any atom is 0.269 e. The van der Waals surface area contributed by atoms with Gasteiger partial charge >= 0.3 is 0 Å². The number of rotatable bonds is 15. The lowest BCUT2D eigenvalue weighted by atomic mass is 9.88. The maximum atomic E-state index is 13.2. The van der Waals surface area contributed by atoms with Crippen molar-refractivity contribution >= 4 is 28.9 Å². The van der Waals surface area contributed by atoms with E-state index in [0.717, 1.165) is 86.6 Å². The van der Waals surface area contributed by atoms with Gasteiger partial charge in [0.1, 0.15) is 0 Å². The third kappa shape index (κ3) is 11.4. The molecule has 0 bridgehead atoms. The van der Waals surface area contributed by atoms with Crippen LogP contribution in [0.15, 0.2) is 82.0 Å². The van der Waals surface area contributed by atoms with Gasteiger partial charge in [-0.2, -0.15) is 0 Å². The highest BCUT2D eigenvalue weighted by Gasteiger charge is 2.17. The van der Waals surface area contributed by atoms with Crippen LogP contribution in [0.4, 0.5) is 5.69 Å². The Bertz CT molecular complexity index is 1320. The van der Waals surface area contributed by atoms with E-state index in [1.54, 1.807) is 6.08 Å². The highest BCUT2D eigenvalue weighted by Crippen LogP contribution is 2.35. The summed E-state index contributed by atoms with van der Waals surface area (Å²) in [5, 5.41) is 4.10. The Morgan fingerprint density at radius 1 is 1.05 bits per heavy atom. The Balaban J connectivity index is 0.00000330. The number of nitrogens with zero attached hydrogens (tertiary/aromatic N) is 2. The summed E-state index contributed by atoms with van der Waals surface area (Å²) >= 11 is 6.51. The van der Waals surface area contributed by atoms with Crippen LogP contribution in [0.25, 0.3) is 0 Å². The summed E-state index contributed by atoms with van der Waals surface area (Å²) in [6.45, 7) is 14.5. The van der Waals surface area contributed by atoms with E-state index in [9.17, 15) is 4.79 Å². The van der Waals surface area contributed by atoms with Crippen LogP contribution in [-0.2, 0) is 24.2 Å². The number of carbonyl (C=O) groups is 1. The fourth-order valence-electron chi connectivity index (χ4n) is 5.29. The van der Waals surface area contributed by atoms with Crippen LogP contribution in [-0.4, -0.2) is 36.7 Å². The normalized spacial score (nSPS) is 15.2. The number of hydrogen-bond donors (Lipinski definition) is 2. The largest absolute Gasteiger partial charge is 0.394 e. The Kier molecular flexibility index (Phi) is 16.8. The van der Waals surface area contributed by atoms with Crippen molar-refractivity contribution < 1.29 is 4.79 Å². The fourth-order valence-corrected chi connectivity index (χ4v) is 5.52. The van der Waals surface area contributed by atoms with E-state index in [2.05, 4.69) is 80.7 Å². The molecule has 1 aliphatic rings. The first-order valence-corrected chi connectivity index (χ1v) is 16.9. The van der Waals surface area contributed by atoms with E-state index in [1.165, 1.54) is 22.3 Å². The molecule has 0 heterocycles. The van der Waals surface area contributed by atoms with E-state index in [0.29, 0.717) is 0 Å². The molecule has 0 fully saturated rings. The molecule has 0 aromatic heterocycles. The number of amides is 1. The molecule has 1 amide bonds. The molecule has 0 radical (unpaired) electrons. The van der Waals surface area contributed by atoms with Crippen molar-refractivity contribution in [2.45, 2.75) is 99.0 Å². The molecule has 3 rings (SSSR count). The highest BCUT2D eigenvalue weighted by atomic mass is 35.5. The molecule has 0 saturated heterocycles. The molecule has 1 unspecified atom stereocenters. The van der Waals surface area contributed by atoms with Crippen LogP contribution in [0.5, 0.6) is 0 Å². The van der Waals surface area contributed by atoms with E-state index >= 15 is 0 Å². The van der Waals surface area contributed by atoms with Crippen LogP contribution in [0.1, 0.15) is 102 Å².